The minimum atomic E-state index is 0.0846. The Labute approximate surface area is 120 Å². The molecular weight excluding hydrogens is 252 g/mol. The minimum Gasteiger partial charge on any atom is -0.496 e. The molecule has 1 fully saturated rings. The Hall–Kier alpha value is -1.55. The fraction of sp³-hybridized carbons (Fsp3) is 0.562. The molecule has 4 heteroatoms. The summed E-state index contributed by atoms with van der Waals surface area (Å²) in [5, 5.41) is 6.39. The number of ether oxygens (including phenoxy) is 1. The van der Waals surface area contributed by atoms with Gasteiger partial charge in [-0.15, -0.1) is 0 Å². The van der Waals surface area contributed by atoms with Crippen molar-refractivity contribution in [2.24, 2.45) is 0 Å². The number of para-hydroxylation sites is 1. The summed E-state index contributed by atoms with van der Waals surface area (Å²) in [6.45, 7) is 1.29. The minimum absolute atomic E-state index is 0.0846. The molecule has 1 aromatic carbocycles. The third-order valence-electron chi connectivity index (χ3n) is 3.81. The van der Waals surface area contributed by atoms with Crippen LogP contribution in [0.1, 0.15) is 37.7 Å². The summed E-state index contributed by atoms with van der Waals surface area (Å²) in [6, 6.07) is 8.37. The van der Waals surface area contributed by atoms with Crippen molar-refractivity contribution < 1.29 is 9.53 Å². The number of amides is 1. The van der Waals surface area contributed by atoms with E-state index in [1.807, 2.05) is 24.3 Å². The van der Waals surface area contributed by atoms with E-state index < -0.39 is 0 Å². The average Bonchev–Trinajstić information content (AvgIpc) is 2.98. The molecule has 0 aromatic heterocycles. The second kappa shape index (κ2) is 7.90. The Morgan fingerprint density at radius 1 is 1.30 bits per heavy atom. The quantitative estimate of drug-likeness (QED) is 0.803. The fourth-order valence-corrected chi connectivity index (χ4v) is 2.65. The van der Waals surface area contributed by atoms with E-state index in [9.17, 15) is 4.79 Å². The Balaban J connectivity index is 1.66. The standard InChI is InChI=1S/C16H24N2O2/c1-20-15-9-5-2-6-13(15)12-18-16(19)10-11-17-14-7-3-4-8-14/h2,5-6,9,14,17H,3-4,7-8,10-12H2,1H3,(H,18,19). The van der Waals surface area contributed by atoms with E-state index in [-0.39, 0.29) is 5.91 Å². The lowest BCUT2D eigenvalue weighted by Crippen LogP contribution is -2.31. The first-order valence-electron chi connectivity index (χ1n) is 7.41. The number of methoxy groups -OCH3 is 1. The van der Waals surface area contributed by atoms with Crippen molar-refractivity contribution in [3.8, 4) is 5.75 Å². The van der Waals surface area contributed by atoms with Crippen molar-refractivity contribution in [1.29, 1.82) is 0 Å². The molecule has 2 N–H and O–H groups in total. The van der Waals surface area contributed by atoms with E-state index in [4.69, 9.17) is 4.74 Å². The van der Waals surface area contributed by atoms with E-state index in [1.54, 1.807) is 7.11 Å². The predicted molar refractivity (Wildman–Crippen MR) is 79.7 cm³/mol. The molecule has 0 heterocycles. The lowest BCUT2D eigenvalue weighted by molar-refractivity contribution is -0.121. The average molecular weight is 276 g/mol. The van der Waals surface area contributed by atoms with Crippen molar-refractivity contribution >= 4 is 5.91 Å². The van der Waals surface area contributed by atoms with Crippen molar-refractivity contribution in [3.05, 3.63) is 29.8 Å². The second-order valence-electron chi connectivity index (χ2n) is 5.27. The number of carbonyl (C=O) groups excluding carboxylic acids is 1. The van der Waals surface area contributed by atoms with Crippen LogP contribution in [0.4, 0.5) is 0 Å². The summed E-state index contributed by atoms with van der Waals surface area (Å²) in [7, 11) is 1.65. The largest absolute Gasteiger partial charge is 0.496 e. The van der Waals surface area contributed by atoms with E-state index in [0.717, 1.165) is 17.9 Å². The summed E-state index contributed by atoms with van der Waals surface area (Å²) in [6.07, 6.45) is 5.67. The van der Waals surface area contributed by atoms with Crippen LogP contribution in [0, 0.1) is 0 Å². The first-order valence-corrected chi connectivity index (χ1v) is 7.41. The summed E-state index contributed by atoms with van der Waals surface area (Å²) in [4.78, 5) is 11.8. The van der Waals surface area contributed by atoms with Crippen molar-refractivity contribution in [3.63, 3.8) is 0 Å². The molecular formula is C16H24N2O2. The van der Waals surface area contributed by atoms with Crippen LogP contribution in [0.2, 0.25) is 0 Å². The highest BCUT2D eigenvalue weighted by atomic mass is 16.5. The first-order chi connectivity index (χ1) is 9.79. The number of hydrogen-bond donors (Lipinski definition) is 2. The summed E-state index contributed by atoms with van der Waals surface area (Å²) < 4.78 is 5.26. The Morgan fingerprint density at radius 3 is 2.80 bits per heavy atom. The highest BCUT2D eigenvalue weighted by Crippen LogP contribution is 2.18. The molecule has 110 valence electrons. The maximum absolute atomic E-state index is 11.8. The van der Waals surface area contributed by atoms with Crippen molar-refractivity contribution in [1.82, 2.24) is 10.6 Å². The van der Waals surface area contributed by atoms with Crippen LogP contribution < -0.4 is 15.4 Å². The van der Waals surface area contributed by atoms with Gasteiger partial charge in [-0.05, 0) is 18.9 Å². The monoisotopic (exact) mass is 276 g/mol. The zero-order valence-corrected chi connectivity index (χ0v) is 12.2. The van der Waals surface area contributed by atoms with Gasteiger partial charge in [0, 0.05) is 31.1 Å². The summed E-state index contributed by atoms with van der Waals surface area (Å²) in [5.41, 5.74) is 1.01. The normalized spacial score (nSPS) is 15.2. The van der Waals surface area contributed by atoms with Crippen LogP contribution in [-0.4, -0.2) is 25.6 Å². The molecule has 0 aliphatic heterocycles. The van der Waals surface area contributed by atoms with Crippen LogP contribution in [-0.2, 0) is 11.3 Å². The van der Waals surface area contributed by atoms with Crippen molar-refractivity contribution in [2.45, 2.75) is 44.7 Å². The summed E-state index contributed by atoms with van der Waals surface area (Å²) >= 11 is 0. The van der Waals surface area contributed by atoms with E-state index in [0.29, 0.717) is 19.0 Å². The molecule has 4 nitrogen and oxygen atoms in total. The van der Waals surface area contributed by atoms with Gasteiger partial charge in [-0.1, -0.05) is 31.0 Å². The molecule has 0 radical (unpaired) electrons. The van der Waals surface area contributed by atoms with Gasteiger partial charge >= 0.3 is 0 Å². The van der Waals surface area contributed by atoms with E-state index in [2.05, 4.69) is 10.6 Å². The molecule has 1 saturated carbocycles. The fourth-order valence-electron chi connectivity index (χ4n) is 2.65. The molecule has 1 aliphatic rings. The van der Waals surface area contributed by atoms with Gasteiger partial charge < -0.3 is 15.4 Å². The zero-order chi connectivity index (χ0) is 14.2. The third-order valence-corrected chi connectivity index (χ3v) is 3.81. The molecule has 0 unspecified atom stereocenters. The summed E-state index contributed by atoms with van der Waals surface area (Å²) in [5.74, 6) is 0.901. The lowest BCUT2D eigenvalue weighted by Gasteiger charge is -2.12. The van der Waals surface area contributed by atoms with Crippen LogP contribution in [0.15, 0.2) is 24.3 Å². The Kier molecular flexibility index (Phi) is 5.87. The number of carbonyl (C=O) groups is 1. The van der Waals surface area contributed by atoms with Gasteiger partial charge in [0.1, 0.15) is 5.75 Å². The Bertz CT molecular complexity index is 428. The number of hydrogen-bond acceptors (Lipinski definition) is 3. The molecule has 1 aliphatic carbocycles. The molecule has 0 atom stereocenters. The molecule has 2 rings (SSSR count). The van der Waals surface area contributed by atoms with Crippen LogP contribution in [0.25, 0.3) is 0 Å². The first kappa shape index (κ1) is 14.9. The smallest absolute Gasteiger partial charge is 0.221 e. The highest BCUT2D eigenvalue weighted by Gasteiger charge is 2.14. The molecule has 0 bridgehead atoms. The highest BCUT2D eigenvalue weighted by molar-refractivity contribution is 5.76. The maximum Gasteiger partial charge on any atom is 0.221 e. The number of benzene rings is 1. The van der Waals surface area contributed by atoms with Crippen LogP contribution >= 0.6 is 0 Å². The van der Waals surface area contributed by atoms with Gasteiger partial charge in [-0.3, -0.25) is 4.79 Å². The lowest BCUT2D eigenvalue weighted by atomic mass is 10.2. The number of nitrogens with one attached hydrogen (secondary N) is 2. The van der Waals surface area contributed by atoms with Gasteiger partial charge in [0.15, 0.2) is 0 Å². The molecule has 1 amide bonds. The van der Waals surface area contributed by atoms with Crippen molar-refractivity contribution in [2.75, 3.05) is 13.7 Å². The molecule has 20 heavy (non-hydrogen) atoms. The molecule has 0 saturated heterocycles. The predicted octanol–water partition coefficient (Wildman–Crippen LogP) is 2.23. The third kappa shape index (κ3) is 4.53. The van der Waals surface area contributed by atoms with E-state index >= 15 is 0 Å². The Morgan fingerprint density at radius 2 is 2.05 bits per heavy atom. The second-order valence-corrected chi connectivity index (χ2v) is 5.27. The topological polar surface area (TPSA) is 50.4 Å². The SMILES string of the molecule is COc1ccccc1CNC(=O)CCNC1CCCC1. The van der Waals surface area contributed by atoms with Gasteiger partial charge in [0.25, 0.3) is 0 Å². The van der Waals surface area contributed by atoms with Crippen LogP contribution in [0.3, 0.4) is 0 Å². The molecule has 1 aromatic rings. The van der Waals surface area contributed by atoms with Gasteiger partial charge in [0.2, 0.25) is 5.91 Å². The van der Waals surface area contributed by atoms with Gasteiger partial charge in [-0.25, -0.2) is 0 Å². The van der Waals surface area contributed by atoms with E-state index in [1.165, 1.54) is 25.7 Å². The van der Waals surface area contributed by atoms with Gasteiger partial charge in [0.05, 0.1) is 7.11 Å². The maximum atomic E-state index is 11.8. The zero-order valence-electron chi connectivity index (χ0n) is 12.2. The van der Waals surface area contributed by atoms with Gasteiger partial charge in [-0.2, -0.15) is 0 Å². The number of rotatable bonds is 7. The molecule has 0 spiro atoms. The van der Waals surface area contributed by atoms with Crippen LogP contribution in [0.5, 0.6) is 5.75 Å².